The zero-order valence-corrected chi connectivity index (χ0v) is 14.2. The molecule has 0 rings (SSSR count). The molecule has 0 heterocycles. The largest absolute Gasteiger partial charge is 0.381 e. The van der Waals surface area contributed by atoms with Gasteiger partial charge in [0.2, 0.25) is 0 Å². The van der Waals surface area contributed by atoms with Crippen molar-refractivity contribution in [2.45, 2.75) is 66.6 Å². The van der Waals surface area contributed by atoms with Crippen molar-refractivity contribution < 1.29 is 19.1 Å². The van der Waals surface area contributed by atoms with Gasteiger partial charge < -0.3 is 9.47 Å². The Balaban J connectivity index is 4.49. The number of ether oxygens (including phenoxy) is 2. The highest BCUT2D eigenvalue weighted by Gasteiger charge is 2.32. The first-order valence-corrected chi connectivity index (χ1v) is 7.16. The van der Waals surface area contributed by atoms with E-state index >= 15 is 0 Å². The van der Waals surface area contributed by atoms with Crippen LogP contribution in [0.15, 0.2) is 0 Å². The number of carbonyl (C=O) groups excluding carboxylic acids is 2. The van der Waals surface area contributed by atoms with Gasteiger partial charge in [-0.1, -0.05) is 27.7 Å². The Kier molecular flexibility index (Phi) is 7.05. The summed E-state index contributed by atoms with van der Waals surface area (Å²) in [5, 5.41) is 0. The number of hydrogen-bond donors (Lipinski definition) is 0. The Labute approximate surface area is 123 Å². The van der Waals surface area contributed by atoms with Crippen molar-refractivity contribution in [1.82, 2.24) is 0 Å². The summed E-state index contributed by atoms with van der Waals surface area (Å²) in [6.07, 6.45) is 0.185. The topological polar surface area (TPSA) is 52.6 Å². The van der Waals surface area contributed by atoms with Gasteiger partial charge in [-0.3, -0.25) is 9.59 Å². The minimum Gasteiger partial charge on any atom is -0.381 e. The molecule has 0 N–H and O–H groups in total. The van der Waals surface area contributed by atoms with Gasteiger partial charge in [0.15, 0.2) is 5.78 Å². The zero-order chi connectivity index (χ0) is 16.1. The fraction of sp³-hybridized carbons (Fsp3) is 0.875. The molecular weight excluding hydrogens is 256 g/mol. The normalized spacial score (nSPS) is 15.8. The fourth-order valence-corrected chi connectivity index (χ4v) is 1.82. The molecule has 0 bridgehead atoms. The van der Waals surface area contributed by atoms with Crippen LogP contribution in [0.1, 0.15) is 54.9 Å². The average molecular weight is 286 g/mol. The summed E-state index contributed by atoms with van der Waals surface area (Å²) in [4.78, 5) is 24.2. The van der Waals surface area contributed by atoms with Crippen LogP contribution in [0.5, 0.6) is 0 Å². The van der Waals surface area contributed by atoms with E-state index < -0.39 is 5.60 Å². The number of ketones is 2. The smallest absolute Gasteiger partial charge is 0.166 e. The molecule has 0 saturated carbocycles. The van der Waals surface area contributed by atoms with Crippen molar-refractivity contribution in [1.29, 1.82) is 0 Å². The van der Waals surface area contributed by atoms with E-state index in [-0.39, 0.29) is 35.6 Å². The third-order valence-corrected chi connectivity index (χ3v) is 3.43. The predicted octanol–water partition coefficient (Wildman–Crippen LogP) is 3.03. The number of carbonyl (C=O) groups is 2. The molecule has 2 unspecified atom stereocenters. The predicted molar refractivity (Wildman–Crippen MR) is 79.8 cm³/mol. The monoisotopic (exact) mass is 286 g/mol. The molecular formula is C16H30O4. The standard InChI is InChI=1S/C16H30O4/c1-11(14(18)15(3,4)5)10-20-16(6,7)13(17)9-12(2)19-8/h11-12H,9-10H2,1-8H3. The van der Waals surface area contributed by atoms with E-state index in [4.69, 9.17) is 9.47 Å². The van der Waals surface area contributed by atoms with Crippen LogP contribution < -0.4 is 0 Å². The molecule has 0 radical (unpaired) electrons. The molecule has 4 nitrogen and oxygen atoms in total. The van der Waals surface area contributed by atoms with Gasteiger partial charge >= 0.3 is 0 Å². The van der Waals surface area contributed by atoms with Gasteiger partial charge in [-0.2, -0.15) is 0 Å². The second-order valence-electron chi connectivity index (χ2n) is 7.01. The average Bonchev–Trinajstić information content (AvgIpc) is 2.33. The third kappa shape index (κ3) is 6.14. The molecule has 0 aliphatic carbocycles. The summed E-state index contributed by atoms with van der Waals surface area (Å²) in [5.74, 6) is -0.0878. The van der Waals surface area contributed by atoms with Crippen molar-refractivity contribution in [2.75, 3.05) is 13.7 Å². The van der Waals surface area contributed by atoms with Crippen molar-refractivity contribution >= 4 is 11.6 Å². The number of hydrogen-bond acceptors (Lipinski definition) is 4. The van der Waals surface area contributed by atoms with E-state index in [0.717, 1.165) is 0 Å². The highest BCUT2D eigenvalue weighted by Crippen LogP contribution is 2.22. The Morgan fingerprint density at radius 1 is 1.05 bits per heavy atom. The molecule has 4 heteroatoms. The molecule has 118 valence electrons. The molecule has 0 aromatic rings. The van der Waals surface area contributed by atoms with Gasteiger partial charge in [-0.05, 0) is 20.8 Å². The molecule has 0 fully saturated rings. The van der Waals surface area contributed by atoms with E-state index in [0.29, 0.717) is 6.42 Å². The van der Waals surface area contributed by atoms with E-state index in [2.05, 4.69) is 0 Å². The first-order chi connectivity index (χ1) is 8.91. The second kappa shape index (κ2) is 7.32. The molecule has 0 aliphatic heterocycles. The van der Waals surface area contributed by atoms with Gasteiger partial charge in [-0.15, -0.1) is 0 Å². The summed E-state index contributed by atoms with van der Waals surface area (Å²) in [6.45, 7) is 13.1. The maximum atomic E-state index is 12.1. The zero-order valence-electron chi connectivity index (χ0n) is 14.2. The highest BCUT2D eigenvalue weighted by molar-refractivity contribution is 5.87. The first-order valence-electron chi connectivity index (χ1n) is 7.16. The molecule has 0 aliphatic rings. The Bertz CT molecular complexity index is 339. The molecule has 2 atom stereocenters. The number of rotatable bonds is 8. The first kappa shape index (κ1) is 19.3. The summed E-state index contributed by atoms with van der Waals surface area (Å²) in [5.41, 5.74) is -1.28. The van der Waals surface area contributed by atoms with E-state index in [1.807, 2.05) is 34.6 Å². The van der Waals surface area contributed by atoms with E-state index in [1.165, 1.54) is 0 Å². The van der Waals surface area contributed by atoms with Crippen LogP contribution in [0.3, 0.4) is 0 Å². The Hall–Kier alpha value is -0.740. The van der Waals surface area contributed by atoms with Crippen LogP contribution in [0.2, 0.25) is 0 Å². The maximum Gasteiger partial charge on any atom is 0.166 e. The van der Waals surface area contributed by atoms with Crippen LogP contribution >= 0.6 is 0 Å². The summed E-state index contributed by atoms with van der Waals surface area (Å²) >= 11 is 0. The number of methoxy groups -OCH3 is 1. The third-order valence-electron chi connectivity index (χ3n) is 3.43. The van der Waals surface area contributed by atoms with Crippen molar-refractivity contribution in [3.05, 3.63) is 0 Å². The van der Waals surface area contributed by atoms with Crippen molar-refractivity contribution in [3.8, 4) is 0 Å². The molecule has 20 heavy (non-hydrogen) atoms. The van der Waals surface area contributed by atoms with Crippen LogP contribution in [0.4, 0.5) is 0 Å². The fourth-order valence-electron chi connectivity index (χ4n) is 1.82. The van der Waals surface area contributed by atoms with E-state index in [9.17, 15) is 9.59 Å². The lowest BCUT2D eigenvalue weighted by Gasteiger charge is -2.28. The van der Waals surface area contributed by atoms with Crippen LogP contribution in [0, 0.1) is 11.3 Å². The van der Waals surface area contributed by atoms with Crippen LogP contribution in [-0.2, 0) is 19.1 Å². The molecule has 0 spiro atoms. The SMILES string of the molecule is COC(C)CC(=O)C(C)(C)OCC(C)C(=O)C(C)(C)C. The van der Waals surface area contributed by atoms with Gasteiger partial charge in [0.05, 0.1) is 12.7 Å². The minimum atomic E-state index is -0.890. The summed E-state index contributed by atoms with van der Waals surface area (Å²) in [7, 11) is 1.58. The van der Waals surface area contributed by atoms with Gasteiger partial charge in [0.1, 0.15) is 11.4 Å². The molecule has 0 aromatic heterocycles. The van der Waals surface area contributed by atoms with Crippen LogP contribution in [0.25, 0.3) is 0 Å². The van der Waals surface area contributed by atoms with Gasteiger partial charge in [-0.25, -0.2) is 0 Å². The van der Waals surface area contributed by atoms with E-state index in [1.54, 1.807) is 21.0 Å². The maximum absolute atomic E-state index is 12.1. The van der Waals surface area contributed by atoms with Crippen molar-refractivity contribution in [3.63, 3.8) is 0 Å². The Morgan fingerprint density at radius 2 is 1.55 bits per heavy atom. The minimum absolute atomic E-state index is 0.0118. The Morgan fingerprint density at radius 3 is 1.95 bits per heavy atom. The van der Waals surface area contributed by atoms with Gasteiger partial charge in [0.25, 0.3) is 0 Å². The quantitative estimate of drug-likeness (QED) is 0.688. The molecule has 0 amide bonds. The van der Waals surface area contributed by atoms with Gasteiger partial charge in [0, 0.05) is 24.9 Å². The summed E-state index contributed by atoms with van der Waals surface area (Å²) < 4.78 is 10.8. The highest BCUT2D eigenvalue weighted by atomic mass is 16.5. The lowest BCUT2D eigenvalue weighted by atomic mass is 9.84. The molecule has 0 aromatic carbocycles. The lowest BCUT2D eigenvalue weighted by molar-refractivity contribution is -0.148. The lowest BCUT2D eigenvalue weighted by Crippen LogP contribution is -2.40. The molecule has 0 saturated heterocycles. The van der Waals surface area contributed by atoms with Crippen molar-refractivity contribution in [2.24, 2.45) is 11.3 Å². The second-order valence-corrected chi connectivity index (χ2v) is 7.01. The summed E-state index contributed by atoms with van der Waals surface area (Å²) in [6, 6.07) is 0. The number of Topliss-reactive ketones (excluding diaryl/α,β-unsaturated/α-hetero) is 2. The van der Waals surface area contributed by atoms with Crippen LogP contribution in [-0.4, -0.2) is 37.0 Å².